The van der Waals surface area contributed by atoms with Crippen molar-refractivity contribution in [2.24, 2.45) is 5.92 Å². The van der Waals surface area contributed by atoms with Crippen LogP contribution < -0.4 is 5.32 Å². The van der Waals surface area contributed by atoms with Crippen molar-refractivity contribution in [3.63, 3.8) is 0 Å². The van der Waals surface area contributed by atoms with Crippen LogP contribution in [0.2, 0.25) is 5.02 Å². The van der Waals surface area contributed by atoms with Gasteiger partial charge in [-0.1, -0.05) is 37.6 Å². The number of carbonyl (C=O) groups is 1. The number of nitrogens with one attached hydrogen (secondary N) is 1. The minimum absolute atomic E-state index is 0.00543. The Morgan fingerprint density at radius 3 is 2.83 bits per heavy atom. The van der Waals surface area contributed by atoms with E-state index in [2.05, 4.69) is 5.32 Å². The van der Waals surface area contributed by atoms with Gasteiger partial charge in [-0.25, -0.2) is 0 Å². The molecule has 0 radical (unpaired) electrons. The number of amides is 1. The van der Waals surface area contributed by atoms with E-state index in [1.54, 1.807) is 4.90 Å². The number of nitrogens with zero attached hydrogens (tertiary/aromatic N) is 1. The maximum Gasteiger partial charge on any atom is 0.226 e. The molecule has 0 aliphatic carbocycles. The first-order chi connectivity index (χ1) is 8.54. The molecule has 4 heteroatoms. The Bertz CT molecular complexity index is 395. The zero-order valence-electron chi connectivity index (χ0n) is 11.2. The Hall–Kier alpha value is -1.06. The predicted octanol–water partition coefficient (Wildman–Crippen LogP) is 2.54. The van der Waals surface area contributed by atoms with Gasteiger partial charge in [-0.3, -0.25) is 4.79 Å². The molecular weight excluding hydrogens is 248 g/mol. The SMILES string of the molecule is CCNCC(C)C(=O)N(C)Cc1cccc(Cl)c1. The lowest BCUT2D eigenvalue weighted by Crippen LogP contribution is -2.36. The monoisotopic (exact) mass is 268 g/mol. The average Bonchev–Trinajstić information content (AvgIpc) is 2.35. The maximum absolute atomic E-state index is 12.1. The molecule has 3 nitrogen and oxygen atoms in total. The van der Waals surface area contributed by atoms with Crippen molar-refractivity contribution in [3.05, 3.63) is 34.9 Å². The molecule has 1 aromatic rings. The Balaban J connectivity index is 2.54. The van der Waals surface area contributed by atoms with Crippen LogP contribution in [-0.2, 0) is 11.3 Å². The highest BCUT2D eigenvalue weighted by Gasteiger charge is 2.16. The van der Waals surface area contributed by atoms with E-state index < -0.39 is 0 Å². The maximum atomic E-state index is 12.1. The molecule has 0 aliphatic heterocycles. The smallest absolute Gasteiger partial charge is 0.226 e. The van der Waals surface area contributed by atoms with Gasteiger partial charge in [0.2, 0.25) is 5.91 Å². The lowest BCUT2D eigenvalue weighted by Gasteiger charge is -2.21. The van der Waals surface area contributed by atoms with Crippen LogP contribution in [0, 0.1) is 5.92 Å². The Labute approximate surface area is 114 Å². The summed E-state index contributed by atoms with van der Waals surface area (Å²) in [6, 6.07) is 7.60. The fourth-order valence-corrected chi connectivity index (χ4v) is 2.02. The third-order valence-electron chi connectivity index (χ3n) is 2.81. The van der Waals surface area contributed by atoms with Gasteiger partial charge in [0, 0.05) is 31.1 Å². The summed E-state index contributed by atoms with van der Waals surface area (Å²) in [6.45, 7) is 6.17. The molecule has 1 atom stereocenters. The van der Waals surface area contributed by atoms with E-state index in [1.807, 2.05) is 45.2 Å². The van der Waals surface area contributed by atoms with Gasteiger partial charge < -0.3 is 10.2 Å². The molecule has 18 heavy (non-hydrogen) atoms. The van der Waals surface area contributed by atoms with Gasteiger partial charge in [-0.05, 0) is 24.2 Å². The predicted molar refractivity (Wildman–Crippen MR) is 75.6 cm³/mol. The highest BCUT2D eigenvalue weighted by Crippen LogP contribution is 2.13. The molecule has 0 saturated carbocycles. The van der Waals surface area contributed by atoms with Crippen LogP contribution in [-0.4, -0.2) is 30.9 Å². The molecule has 0 aromatic heterocycles. The van der Waals surface area contributed by atoms with Crippen molar-refractivity contribution >= 4 is 17.5 Å². The van der Waals surface area contributed by atoms with Crippen LogP contribution in [0.3, 0.4) is 0 Å². The minimum Gasteiger partial charge on any atom is -0.341 e. The van der Waals surface area contributed by atoms with E-state index in [-0.39, 0.29) is 11.8 Å². The number of rotatable bonds is 6. The standard InChI is InChI=1S/C14H21ClN2O/c1-4-16-9-11(2)14(18)17(3)10-12-6-5-7-13(15)8-12/h5-8,11,16H,4,9-10H2,1-3H3. The lowest BCUT2D eigenvalue weighted by atomic mass is 10.1. The summed E-state index contributed by atoms with van der Waals surface area (Å²) in [5, 5.41) is 3.89. The number of carbonyl (C=O) groups excluding carboxylic acids is 1. The Morgan fingerprint density at radius 2 is 2.22 bits per heavy atom. The minimum atomic E-state index is -0.00543. The molecule has 0 spiro atoms. The van der Waals surface area contributed by atoms with E-state index in [9.17, 15) is 4.79 Å². The fraction of sp³-hybridized carbons (Fsp3) is 0.500. The largest absolute Gasteiger partial charge is 0.341 e. The van der Waals surface area contributed by atoms with Crippen LogP contribution in [0.4, 0.5) is 0 Å². The van der Waals surface area contributed by atoms with Crippen molar-refractivity contribution in [1.82, 2.24) is 10.2 Å². The summed E-state index contributed by atoms with van der Waals surface area (Å²) in [6.07, 6.45) is 0. The zero-order chi connectivity index (χ0) is 13.5. The van der Waals surface area contributed by atoms with Crippen LogP contribution in [0.25, 0.3) is 0 Å². The van der Waals surface area contributed by atoms with Crippen LogP contribution in [0.1, 0.15) is 19.4 Å². The first-order valence-corrected chi connectivity index (χ1v) is 6.62. The van der Waals surface area contributed by atoms with E-state index in [0.717, 1.165) is 18.7 Å². The van der Waals surface area contributed by atoms with E-state index >= 15 is 0 Å². The van der Waals surface area contributed by atoms with Crippen molar-refractivity contribution in [1.29, 1.82) is 0 Å². The number of benzene rings is 1. The summed E-state index contributed by atoms with van der Waals surface area (Å²) < 4.78 is 0. The summed E-state index contributed by atoms with van der Waals surface area (Å²) >= 11 is 5.93. The Morgan fingerprint density at radius 1 is 1.50 bits per heavy atom. The molecule has 0 aliphatic rings. The molecule has 1 unspecified atom stereocenters. The molecule has 100 valence electrons. The normalized spacial score (nSPS) is 12.2. The van der Waals surface area contributed by atoms with Crippen molar-refractivity contribution in [2.45, 2.75) is 20.4 Å². The van der Waals surface area contributed by atoms with Crippen molar-refractivity contribution in [3.8, 4) is 0 Å². The van der Waals surface area contributed by atoms with Gasteiger partial charge in [0.25, 0.3) is 0 Å². The quantitative estimate of drug-likeness (QED) is 0.860. The molecule has 0 saturated heterocycles. The second-order valence-corrected chi connectivity index (χ2v) is 4.97. The summed E-state index contributed by atoms with van der Waals surface area (Å²) in [5.74, 6) is 0.144. The molecular formula is C14H21ClN2O. The van der Waals surface area contributed by atoms with Gasteiger partial charge in [0.1, 0.15) is 0 Å². The van der Waals surface area contributed by atoms with Crippen LogP contribution in [0.15, 0.2) is 24.3 Å². The molecule has 0 heterocycles. The van der Waals surface area contributed by atoms with E-state index in [4.69, 9.17) is 11.6 Å². The number of hydrogen-bond donors (Lipinski definition) is 1. The summed E-state index contributed by atoms with van der Waals surface area (Å²) in [5.41, 5.74) is 1.05. The number of halogens is 1. The summed E-state index contributed by atoms with van der Waals surface area (Å²) in [7, 11) is 1.83. The average molecular weight is 269 g/mol. The van der Waals surface area contributed by atoms with E-state index in [0.29, 0.717) is 11.6 Å². The highest BCUT2D eigenvalue weighted by molar-refractivity contribution is 6.30. The van der Waals surface area contributed by atoms with Crippen molar-refractivity contribution in [2.75, 3.05) is 20.1 Å². The molecule has 1 rings (SSSR count). The van der Waals surface area contributed by atoms with Gasteiger partial charge in [-0.2, -0.15) is 0 Å². The highest BCUT2D eigenvalue weighted by atomic mass is 35.5. The number of hydrogen-bond acceptors (Lipinski definition) is 2. The van der Waals surface area contributed by atoms with Gasteiger partial charge >= 0.3 is 0 Å². The first kappa shape index (κ1) is 15.0. The van der Waals surface area contributed by atoms with Gasteiger partial charge in [0.15, 0.2) is 0 Å². The lowest BCUT2D eigenvalue weighted by molar-refractivity contribution is -0.134. The van der Waals surface area contributed by atoms with Crippen LogP contribution in [0.5, 0.6) is 0 Å². The van der Waals surface area contributed by atoms with Crippen molar-refractivity contribution < 1.29 is 4.79 Å². The Kier molecular flexibility index (Phi) is 6.16. The first-order valence-electron chi connectivity index (χ1n) is 6.24. The topological polar surface area (TPSA) is 32.3 Å². The third-order valence-corrected chi connectivity index (χ3v) is 3.04. The van der Waals surface area contributed by atoms with E-state index in [1.165, 1.54) is 0 Å². The fourth-order valence-electron chi connectivity index (χ4n) is 1.81. The second-order valence-electron chi connectivity index (χ2n) is 4.53. The molecule has 1 N–H and O–H groups in total. The third kappa shape index (κ3) is 4.67. The van der Waals surface area contributed by atoms with Crippen LogP contribution >= 0.6 is 11.6 Å². The summed E-state index contributed by atoms with van der Waals surface area (Å²) in [4.78, 5) is 13.8. The zero-order valence-corrected chi connectivity index (χ0v) is 12.0. The molecule has 0 bridgehead atoms. The van der Waals surface area contributed by atoms with Gasteiger partial charge in [0.05, 0.1) is 0 Å². The second kappa shape index (κ2) is 7.39. The van der Waals surface area contributed by atoms with Gasteiger partial charge in [-0.15, -0.1) is 0 Å². The molecule has 1 aromatic carbocycles. The molecule has 0 fully saturated rings. The molecule has 1 amide bonds.